The summed E-state index contributed by atoms with van der Waals surface area (Å²) in [4.78, 5) is 34.7. The van der Waals surface area contributed by atoms with Gasteiger partial charge in [-0.05, 0) is 54.2 Å². The Labute approximate surface area is 262 Å². The number of hydrogen-bond acceptors (Lipinski definition) is 10. The van der Waals surface area contributed by atoms with Crippen LogP contribution in [-0.4, -0.2) is 91.8 Å². The van der Waals surface area contributed by atoms with Crippen LogP contribution in [0.25, 0.3) is 33.4 Å². The molecule has 4 rings (SSSR count). The average Bonchev–Trinajstić information content (AvgIpc) is 2.99. The summed E-state index contributed by atoms with van der Waals surface area (Å²) < 4.78 is 26.9. The number of nitrogens with one attached hydrogen (secondary N) is 2. The van der Waals surface area contributed by atoms with Gasteiger partial charge >= 0.3 is 11.9 Å². The summed E-state index contributed by atoms with van der Waals surface area (Å²) in [5, 5.41) is 35.4. The van der Waals surface area contributed by atoms with Gasteiger partial charge in [-0.25, -0.2) is 9.59 Å². The second-order valence-corrected chi connectivity index (χ2v) is 9.95. The summed E-state index contributed by atoms with van der Waals surface area (Å²) in [6.45, 7) is 2.31. The van der Waals surface area contributed by atoms with Crippen molar-refractivity contribution in [3.05, 3.63) is 70.4 Å². The van der Waals surface area contributed by atoms with Gasteiger partial charge in [0.25, 0.3) is 0 Å². The minimum Gasteiger partial charge on any atom is -0.508 e. The van der Waals surface area contributed by atoms with E-state index in [0.717, 1.165) is 0 Å². The number of benzene rings is 3. The highest BCUT2D eigenvalue weighted by Crippen LogP contribution is 2.42. The zero-order valence-corrected chi connectivity index (χ0v) is 24.9. The summed E-state index contributed by atoms with van der Waals surface area (Å²) in [7, 11) is 0. The molecule has 2 aromatic carbocycles. The number of carbonyl (C=O) groups is 2. The number of phenols is 1. The molecule has 0 spiro atoms. The van der Waals surface area contributed by atoms with Gasteiger partial charge in [-0.2, -0.15) is 0 Å². The van der Waals surface area contributed by atoms with Crippen LogP contribution >= 0.6 is 12.2 Å². The number of thiocarbonyl (C=S) groups is 1. The van der Waals surface area contributed by atoms with E-state index in [1.165, 1.54) is 30.3 Å². The van der Waals surface area contributed by atoms with E-state index in [2.05, 4.69) is 10.6 Å². The van der Waals surface area contributed by atoms with Crippen LogP contribution in [0.5, 0.6) is 5.75 Å². The molecule has 1 aliphatic heterocycles. The maximum Gasteiger partial charge on any atom is 0.336 e. The van der Waals surface area contributed by atoms with Crippen molar-refractivity contribution < 1.29 is 48.3 Å². The van der Waals surface area contributed by atoms with Crippen LogP contribution in [-0.2, 0) is 23.7 Å². The summed E-state index contributed by atoms with van der Waals surface area (Å²) in [6, 6.07) is 13.6. The molecule has 13 nitrogen and oxygen atoms in total. The van der Waals surface area contributed by atoms with Gasteiger partial charge in [-0.3, -0.25) is 4.79 Å². The fourth-order valence-corrected chi connectivity index (χ4v) is 4.62. The molecule has 1 aliphatic carbocycles. The molecular formula is C31H32N2O11S. The van der Waals surface area contributed by atoms with Gasteiger partial charge in [0.15, 0.2) is 10.5 Å². The number of fused-ring (bicyclic) bond motifs is 2. The molecule has 0 amide bonds. The lowest BCUT2D eigenvalue weighted by molar-refractivity contribution is -0.142. The normalized spacial score (nSPS) is 11.1. The van der Waals surface area contributed by atoms with E-state index in [-0.39, 0.29) is 47.4 Å². The molecule has 0 fully saturated rings. The van der Waals surface area contributed by atoms with Crippen molar-refractivity contribution in [3.8, 4) is 28.2 Å². The highest BCUT2D eigenvalue weighted by molar-refractivity contribution is 7.80. The number of carboxylic acid groups (broad SMARTS) is 2. The molecule has 2 aliphatic rings. The number of carboxylic acids is 2. The number of anilines is 1. The number of ether oxygens (including phenoxy) is 4. The quantitative estimate of drug-likeness (QED) is 0.0642. The average molecular weight is 641 g/mol. The van der Waals surface area contributed by atoms with E-state index < -0.39 is 11.9 Å². The van der Waals surface area contributed by atoms with E-state index in [4.69, 9.17) is 40.7 Å². The number of aromatic carboxylic acids is 1. The second kappa shape index (κ2) is 16.5. The van der Waals surface area contributed by atoms with Crippen molar-refractivity contribution in [3.63, 3.8) is 0 Å². The van der Waals surface area contributed by atoms with Gasteiger partial charge in [0, 0.05) is 40.9 Å². The maximum atomic E-state index is 12.4. The first kappa shape index (κ1) is 33.3. The highest BCUT2D eigenvalue weighted by Gasteiger charge is 2.22. The summed E-state index contributed by atoms with van der Waals surface area (Å²) >= 11 is 5.35. The highest BCUT2D eigenvalue weighted by atomic mass is 32.1. The fourth-order valence-electron chi connectivity index (χ4n) is 4.40. The molecule has 5 N–H and O–H groups in total. The van der Waals surface area contributed by atoms with E-state index in [1.54, 1.807) is 24.3 Å². The first-order chi connectivity index (χ1) is 21.7. The van der Waals surface area contributed by atoms with E-state index >= 15 is 0 Å². The molecule has 0 saturated heterocycles. The van der Waals surface area contributed by atoms with Crippen molar-refractivity contribution in [1.29, 1.82) is 0 Å². The molecule has 1 heterocycles. The molecule has 2 aromatic rings. The zero-order chi connectivity index (χ0) is 32.2. The number of rotatable bonds is 17. The molecule has 0 saturated carbocycles. The Bertz CT molecular complexity index is 1670. The Morgan fingerprint density at radius 1 is 0.800 bits per heavy atom. The molecular weight excluding hydrogens is 608 g/mol. The van der Waals surface area contributed by atoms with Gasteiger partial charge in [-0.1, -0.05) is 6.07 Å². The smallest absolute Gasteiger partial charge is 0.336 e. The standard InChI is InChI=1S/C31H32N2O11S/c34-20-2-5-23-26(16-20)44-27-17-21(35)3-6-24(27)29(23)22-4-1-19(15-25(22)30(38)39)33-31(45)32-7-8-40-9-10-41-11-12-42-13-14-43-18-28(36)37/h1-6,15-17,34H,7-14,18H2,(H,36,37)(H,38,39)(H2,32,33,45). The van der Waals surface area contributed by atoms with Crippen molar-refractivity contribution in [2.24, 2.45) is 0 Å². The largest absolute Gasteiger partial charge is 0.508 e. The van der Waals surface area contributed by atoms with Crippen LogP contribution in [0, 0.1) is 0 Å². The summed E-state index contributed by atoms with van der Waals surface area (Å²) in [6.07, 6.45) is 0. The minimum atomic E-state index is -1.17. The lowest BCUT2D eigenvalue weighted by Crippen LogP contribution is -2.31. The maximum absolute atomic E-state index is 12.4. The SMILES string of the molecule is O=C(O)COCCOCCOCCOCCNC(=S)Nc1ccc(-c2c3ccc(=O)cc-3oc3cc(O)ccc23)c(C(=O)O)c1. The topological polar surface area (TPSA) is 186 Å². The Morgan fingerprint density at radius 2 is 1.47 bits per heavy atom. The van der Waals surface area contributed by atoms with Crippen LogP contribution in [0.15, 0.2) is 63.8 Å². The van der Waals surface area contributed by atoms with E-state index in [9.17, 15) is 24.6 Å². The van der Waals surface area contributed by atoms with Crippen molar-refractivity contribution in [2.75, 3.05) is 64.7 Å². The molecule has 14 heteroatoms. The monoisotopic (exact) mass is 640 g/mol. The molecule has 0 unspecified atom stereocenters. The first-order valence-electron chi connectivity index (χ1n) is 13.9. The Hall–Kier alpha value is -4.60. The number of aromatic hydroxyl groups is 1. The summed E-state index contributed by atoms with van der Waals surface area (Å²) in [5.41, 5.74) is 1.97. The Balaban J connectivity index is 1.28. The van der Waals surface area contributed by atoms with Crippen molar-refractivity contribution in [1.82, 2.24) is 5.32 Å². The molecule has 0 atom stereocenters. The fraction of sp³-hybridized carbons (Fsp3) is 0.290. The molecule has 0 aromatic heterocycles. The molecule has 0 radical (unpaired) electrons. The summed E-state index contributed by atoms with van der Waals surface area (Å²) in [5.74, 6) is -1.96. The van der Waals surface area contributed by atoms with Crippen LogP contribution < -0.4 is 16.1 Å². The third-order valence-electron chi connectivity index (χ3n) is 6.33. The lowest BCUT2D eigenvalue weighted by atomic mass is 9.90. The van der Waals surface area contributed by atoms with Crippen LogP contribution in [0.1, 0.15) is 10.4 Å². The first-order valence-corrected chi connectivity index (χ1v) is 14.3. The van der Waals surface area contributed by atoms with Crippen LogP contribution in [0.3, 0.4) is 0 Å². The van der Waals surface area contributed by atoms with Crippen molar-refractivity contribution in [2.45, 2.75) is 0 Å². The van der Waals surface area contributed by atoms with Gasteiger partial charge in [0.05, 0.1) is 51.8 Å². The predicted molar refractivity (Wildman–Crippen MR) is 168 cm³/mol. The zero-order valence-electron chi connectivity index (χ0n) is 24.1. The molecule has 0 bridgehead atoms. The third-order valence-corrected chi connectivity index (χ3v) is 6.57. The molecule has 45 heavy (non-hydrogen) atoms. The van der Waals surface area contributed by atoms with Crippen molar-refractivity contribution >= 4 is 45.9 Å². The predicted octanol–water partition coefficient (Wildman–Crippen LogP) is 3.41. The van der Waals surface area contributed by atoms with Gasteiger partial charge < -0.3 is 49.3 Å². The van der Waals surface area contributed by atoms with E-state index in [1.807, 2.05) is 0 Å². The Morgan fingerprint density at radius 3 is 2.16 bits per heavy atom. The van der Waals surface area contributed by atoms with Gasteiger partial charge in [-0.15, -0.1) is 0 Å². The van der Waals surface area contributed by atoms with Crippen LogP contribution in [0.2, 0.25) is 0 Å². The number of phenolic OH excluding ortho intramolecular Hbond substituents is 1. The van der Waals surface area contributed by atoms with Gasteiger partial charge in [0.2, 0.25) is 0 Å². The number of hydrogen-bond donors (Lipinski definition) is 5. The third kappa shape index (κ3) is 9.69. The Kier molecular flexibility index (Phi) is 12.2. The lowest BCUT2D eigenvalue weighted by Gasteiger charge is -2.18. The second-order valence-electron chi connectivity index (χ2n) is 9.55. The van der Waals surface area contributed by atoms with E-state index in [0.29, 0.717) is 72.9 Å². The van der Waals surface area contributed by atoms with Gasteiger partial charge in [0.1, 0.15) is 23.7 Å². The molecule has 238 valence electrons. The minimum absolute atomic E-state index is 0.00359. The number of aliphatic carboxylic acids is 1. The van der Waals surface area contributed by atoms with Crippen LogP contribution in [0.4, 0.5) is 5.69 Å².